The van der Waals surface area contributed by atoms with Gasteiger partial charge in [0.15, 0.2) is 0 Å². The molecule has 0 aromatic heterocycles. The summed E-state index contributed by atoms with van der Waals surface area (Å²) < 4.78 is 5.61. The van der Waals surface area contributed by atoms with Crippen LogP contribution in [0.5, 0.6) is 0 Å². The molecule has 3 atom stereocenters. The predicted molar refractivity (Wildman–Crippen MR) is 127 cm³/mol. The van der Waals surface area contributed by atoms with E-state index < -0.39 is 30.1 Å². The van der Waals surface area contributed by atoms with Crippen LogP contribution in [0.1, 0.15) is 49.7 Å². The number of carbonyl (C=O) groups is 3. The highest BCUT2D eigenvalue weighted by Gasteiger charge is 2.36. The summed E-state index contributed by atoms with van der Waals surface area (Å²) in [7, 11) is 0. The third-order valence-electron chi connectivity index (χ3n) is 6.60. The SMILES string of the molecule is CC#CCC(NC(=O)[C@@H]1CCC[C@@H]1NC(=O)OCC1c2ccccc2-c2ccccc21)C(=O)O. The number of hydrogen-bond donors (Lipinski definition) is 3. The number of carboxylic acid groups (broad SMARTS) is 1. The van der Waals surface area contributed by atoms with Crippen molar-refractivity contribution >= 4 is 18.0 Å². The topological polar surface area (TPSA) is 105 Å². The molecule has 7 heteroatoms. The number of aliphatic carboxylic acids is 1. The summed E-state index contributed by atoms with van der Waals surface area (Å²) in [4.78, 5) is 36.8. The van der Waals surface area contributed by atoms with Crippen LogP contribution in [0, 0.1) is 17.8 Å². The number of carbonyl (C=O) groups excluding carboxylic acids is 2. The third kappa shape index (κ3) is 4.91. The Bertz CT molecular complexity index is 1100. The number of amides is 2. The molecule has 0 bridgehead atoms. The van der Waals surface area contributed by atoms with Gasteiger partial charge >= 0.3 is 12.1 Å². The van der Waals surface area contributed by atoms with Crippen molar-refractivity contribution in [3.8, 4) is 23.0 Å². The maximum atomic E-state index is 12.7. The van der Waals surface area contributed by atoms with Crippen molar-refractivity contribution in [2.24, 2.45) is 5.92 Å². The van der Waals surface area contributed by atoms with Gasteiger partial charge in [-0.05, 0) is 42.0 Å². The largest absolute Gasteiger partial charge is 0.480 e. The smallest absolute Gasteiger partial charge is 0.407 e. The van der Waals surface area contributed by atoms with Crippen LogP contribution in [-0.2, 0) is 14.3 Å². The van der Waals surface area contributed by atoms with E-state index in [4.69, 9.17) is 4.74 Å². The van der Waals surface area contributed by atoms with E-state index in [1.54, 1.807) is 6.92 Å². The van der Waals surface area contributed by atoms with Crippen molar-refractivity contribution in [2.45, 2.75) is 50.6 Å². The van der Waals surface area contributed by atoms with Gasteiger partial charge in [-0.2, -0.15) is 0 Å². The zero-order chi connectivity index (χ0) is 24.1. The summed E-state index contributed by atoms with van der Waals surface area (Å²) in [6.45, 7) is 1.81. The molecule has 1 fully saturated rings. The van der Waals surface area contributed by atoms with Crippen molar-refractivity contribution in [2.75, 3.05) is 6.61 Å². The number of fused-ring (bicyclic) bond motifs is 3. The fraction of sp³-hybridized carbons (Fsp3) is 0.370. The zero-order valence-electron chi connectivity index (χ0n) is 19.0. The third-order valence-corrected chi connectivity index (χ3v) is 6.60. The molecule has 34 heavy (non-hydrogen) atoms. The van der Waals surface area contributed by atoms with Crippen LogP contribution in [0.25, 0.3) is 11.1 Å². The quantitative estimate of drug-likeness (QED) is 0.547. The number of alkyl carbamates (subject to hydrolysis) is 1. The summed E-state index contributed by atoms with van der Waals surface area (Å²) in [6, 6.07) is 14.8. The fourth-order valence-corrected chi connectivity index (χ4v) is 4.92. The highest BCUT2D eigenvalue weighted by atomic mass is 16.5. The van der Waals surface area contributed by atoms with Crippen molar-refractivity contribution in [1.29, 1.82) is 0 Å². The van der Waals surface area contributed by atoms with Gasteiger partial charge in [0.1, 0.15) is 12.6 Å². The average Bonchev–Trinajstić information content (AvgIpc) is 3.42. The number of hydrogen-bond acceptors (Lipinski definition) is 4. The van der Waals surface area contributed by atoms with Crippen LogP contribution in [0.4, 0.5) is 4.79 Å². The van der Waals surface area contributed by atoms with Gasteiger partial charge in [-0.15, -0.1) is 11.8 Å². The molecule has 0 heterocycles. The molecule has 0 saturated heterocycles. The van der Waals surface area contributed by atoms with Gasteiger partial charge in [0.2, 0.25) is 5.91 Å². The Morgan fingerprint density at radius 2 is 1.71 bits per heavy atom. The van der Waals surface area contributed by atoms with E-state index in [1.807, 2.05) is 24.3 Å². The van der Waals surface area contributed by atoms with Gasteiger partial charge in [-0.1, -0.05) is 55.0 Å². The number of nitrogens with one attached hydrogen (secondary N) is 2. The number of benzene rings is 2. The first-order valence-electron chi connectivity index (χ1n) is 11.5. The Labute approximate surface area is 198 Å². The highest BCUT2D eigenvalue weighted by molar-refractivity contribution is 5.86. The molecule has 2 aliphatic carbocycles. The van der Waals surface area contributed by atoms with E-state index in [-0.39, 0.29) is 24.9 Å². The number of carboxylic acids is 1. The number of rotatable bonds is 7. The van der Waals surface area contributed by atoms with E-state index in [0.717, 1.165) is 28.7 Å². The van der Waals surface area contributed by atoms with Gasteiger partial charge in [0.25, 0.3) is 0 Å². The lowest BCUT2D eigenvalue weighted by Gasteiger charge is -2.22. The van der Waals surface area contributed by atoms with Crippen molar-refractivity contribution in [3.63, 3.8) is 0 Å². The van der Waals surface area contributed by atoms with Gasteiger partial charge in [0, 0.05) is 18.4 Å². The van der Waals surface area contributed by atoms with Gasteiger partial charge < -0.3 is 20.5 Å². The summed E-state index contributed by atoms with van der Waals surface area (Å²) in [6.07, 6.45) is 1.44. The Kier molecular flexibility index (Phi) is 7.17. The minimum atomic E-state index is -1.13. The lowest BCUT2D eigenvalue weighted by molar-refractivity contribution is -0.142. The minimum Gasteiger partial charge on any atom is -0.480 e. The van der Waals surface area contributed by atoms with E-state index >= 15 is 0 Å². The monoisotopic (exact) mass is 460 g/mol. The Morgan fingerprint density at radius 3 is 2.32 bits per heavy atom. The van der Waals surface area contributed by atoms with Crippen LogP contribution < -0.4 is 10.6 Å². The van der Waals surface area contributed by atoms with Crippen molar-refractivity contribution in [1.82, 2.24) is 10.6 Å². The summed E-state index contributed by atoms with van der Waals surface area (Å²) >= 11 is 0. The lowest BCUT2D eigenvalue weighted by Crippen LogP contribution is -2.48. The minimum absolute atomic E-state index is 0.0365. The maximum absolute atomic E-state index is 12.7. The summed E-state index contributed by atoms with van der Waals surface area (Å²) in [5, 5.41) is 14.7. The van der Waals surface area contributed by atoms with E-state index in [2.05, 4.69) is 46.7 Å². The second-order valence-corrected chi connectivity index (χ2v) is 8.64. The predicted octanol–water partition coefficient (Wildman–Crippen LogP) is 3.68. The van der Waals surface area contributed by atoms with Gasteiger partial charge in [0.05, 0.1) is 5.92 Å². The molecule has 176 valence electrons. The van der Waals surface area contributed by atoms with Crippen molar-refractivity contribution in [3.05, 3.63) is 59.7 Å². The fourth-order valence-electron chi connectivity index (χ4n) is 4.92. The molecular formula is C27H28N2O5. The Balaban J connectivity index is 1.36. The van der Waals surface area contributed by atoms with Crippen LogP contribution in [0.15, 0.2) is 48.5 Å². The molecule has 0 spiro atoms. The van der Waals surface area contributed by atoms with Gasteiger partial charge in [-0.25, -0.2) is 9.59 Å². The van der Waals surface area contributed by atoms with Crippen LogP contribution >= 0.6 is 0 Å². The molecule has 1 unspecified atom stereocenters. The average molecular weight is 461 g/mol. The van der Waals surface area contributed by atoms with E-state index in [9.17, 15) is 19.5 Å². The van der Waals surface area contributed by atoms with E-state index in [0.29, 0.717) is 12.8 Å². The second kappa shape index (κ2) is 10.4. The number of ether oxygens (including phenoxy) is 1. The van der Waals surface area contributed by atoms with Crippen molar-refractivity contribution < 1.29 is 24.2 Å². The standard InChI is InChI=1S/C27H28N2O5/c1-2-3-14-24(26(31)32)28-25(30)21-13-8-15-23(21)29-27(33)34-16-22-19-11-6-4-9-17(19)18-10-5-7-12-20(18)22/h4-7,9-12,21-24H,8,13-16H2,1H3,(H,28,30)(H,29,33)(H,31,32)/t21-,23+,24?/m1/s1. The van der Waals surface area contributed by atoms with E-state index in [1.165, 1.54) is 0 Å². The first kappa shape index (κ1) is 23.4. The molecule has 0 radical (unpaired) electrons. The van der Waals surface area contributed by atoms with Gasteiger partial charge in [-0.3, -0.25) is 4.79 Å². The molecular weight excluding hydrogens is 432 g/mol. The molecule has 1 saturated carbocycles. The molecule has 2 amide bonds. The molecule has 2 aliphatic rings. The second-order valence-electron chi connectivity index (χ2n) is 8.64. The summed E-state index contributed by atoms with van der Waals surface area (Å²) in [5.41, 5.74) is 4.56. The Hall–Kier alpha value is -3.79. The van der Waals surface area contributed by atoms with Crippen LogP contribution in [0.3, 0.4) is 0 Å². The molecule has 2 aromatic rings. The lowest BCUT2D eigenvalue weighted by atomic mass is 9.98. The zero-order valence-corrected chi connectivity index (χ0v) is 19.0. The Morgan fingerprint density at radius 1 is 1.06 bits per heavy atom. The maximum Gasteiger partial charge on any atom is 0.407 e. The highest BCUT2D eigenvalue weighted by Crippen LogP contribution is 2.44. The molecule has 4 rings (SSSR count). The normalized spacial score (nSPS) is 19.2. The van der Waals surface area contributed by atoms with Crippen LogP contribution in [-0.4, -0.2) is 41.8 Å². The van der Waals surface area contributed by atoms with Crippen LogP contribution in [0.2, 0.25) is 0 Å². The molecule has 2 aromatic carbocycles. The molecule has 7 nitrogen and oxygen atoms in total. The summed E-state index contributed by atoms with van der Waals surface area (Å²) in [5.74, 6) is 3.27. The molecule has 3 N–H and O–H groups in total. The first-order chi connectivity index (χ1) is 16.5. The molecule has 0 aliphatic heterocycles. The first-order valence-corrected chi connectivity index (χ1v) is 11.5.